The van der Waals surface area contributed by atoms with Gasteiger partial charge in [0.15, 0.2) is 5.65 Å². The van der Waals surface area contributed by atoms with Gasteiger partial charge in [-0.25, -0.2) is 4.98 Å². The first kappa shape index (κ1) is 24.3. The molecule has 2 fully saturated rings. The molecule has 3 N–H and O–H groups in total. The lowest BCUT2D eigenvalue weighted by Crippen LogP contribution is -2.40. The van der Waals surface area contributed by atoms with Crippen LogP contribution in [0.4, 0.5) is 17.3 Å². The number of pyridine rings is 1. The summed E-state index contributed by atoms with van der Waals surface area (Å²) < 4.78 is 14.2. The fourth-order valence-electron chi connectivity index (χ4n) is 5.11. The van der Waals surface area contributed by atoms with Gasteiger partial charge in [0.2, 0.25) is 0 Å². The van der Waals surface area contributed by atoms with Crippen molar-refractivity contribution in [3.8, 4) is 0 Å². The molecule has 0 aliphatic heterocycles. The second kappa shape index (κ2) is 10.3. The van der Waals surface area contributed by atoms with Crippen LogP contribution in [0.3, 0.4) is 0 Å². The Labute approximate surface area is 209 Å². The van der Waals surface area contributed by atoms with Gasteiger partial charge in [-0.1, -0.05) is 0 Å². The largest absolute Gasteiger partial charge is 0.381 e. The average molecular weight is 496 g/mol. The van der Waals surface area contributed by atoms with Gasteiger partial charge in [0, 0.05) is 45.6 Å². The second-order valence-corrected chi connectivity index (χ2v) is 9.51. The van der Waals surface area contributed by atoms with Crippen LogP contribution in [0.2, 0.25) is 0 Å². The Hall–Kier alpha value is -3.44. The minimum absolute atomic E-state index is 0.0447. The van der Waals surface area contributed by atoms with Crippen molar-refractivity contribution in [1.82, 2.24) is 24.5 Å². The highest BCUT2D eigenvalue weighted by Gasteiger charge is 2.31. The highest BCUT2D eigenvalue weighted by molar-refractivity contribution is 6.00. The van der Waals surface area contributed by atoms with Crippen LogP contribution in [0.25, 0.3) is 5.65 Å². The van der Waals surface area contributed by atoms with E-state index in [1.165, 1.54) is 6.20 Å². The summed E-state index contributed by atoms with van der Waals surface area (Å²) in [6.07, 6.45) is 9.04. The van der Waals surface area contributed by atoms with Gasteiger partial charge >= 0.3 is 0 Å². The molecule has 2 saturated carbocycles. The van der Waals surface area contributed by atoms with Crippen molar-refractivity contribution in [2.24, 2.45) is 0 Å². The Morgan fingerprint density at radius 1 is 1.14 bits per heavy atom. The SMILES string of the molecule is CNc1cc(Nc2cccn([C@H]3C[C@H](OC)C3)c2=O)nc2c(C(=O)NC3CCC[C@@H](OC)C3)cnn12. The van der Waals surface area contributed by atoms with Gasteiger partial charge in [-0.3, -0.25) is 9.59 Å². The van der Waals surface area contributed by atoms with Crippen molar-refractivity contribution in [2.45, 2.75) is 62.8 Å². The maximum absolute atomic E-state index is 13.2. The molecule has 2 aliphatic rings. The van der Waals surface area contributed by atoms with E-state index in [9.17, 15) is 9.59 Å². The van der Waals surface area contributed by atoms with E-state index in [-0.39, 0.29) is 35.8 Å². The number of anilines is 3. The third-order valence-corrected chi connectivity index (χ3v) is 7.30. The molecule has 0 radical (unpaired) electrons. The highest BCUT2D eigenvalue weighted by atomic mass is 16.5. The van der Waals surface area contributed by atoms with Crippen molar-refractivity contribution in [3.63, 3.8) is 0 Å². The van der Waals surface area contributed by atoms with E-state index in [2.05, 4.69) is 26.0 Å². The molecule has 192 valence electrons. The van der Waals surface area contributed by atoms with Gasteiger partial charge in [0.1, 0.15) is 22.9 Å². The minimum atomic E-state index is -0.224. The fourth-order valence-corrected chi connectivity index (χ4v) is 5.11. The number of nitrogens with zero attached hydrogens (tertiary/aromatic N) is 4. The molecule has 3 aromatic rings. The van der Waals surface area contributed by atoms with Crippen LogP contribution in [-0.2, 0) is 9.47 Å². The Balaban J connectivity index is 1.40. The predicted molar refractivity (Wildman–Crippen MR) is 136 cm³/mol. The molecule has 0 spiro atoms. The monoisotopic (exact) mass is 495 g/mol. The van der Waals surface area contributed by atoms with Gasteiger partial charge in [-0.2, -0.15) is 9.61 Å². The van der Waals surface area contributed by atoms with Gasteiger partial charge in [0.25, 0.3) is 11.5 Å². The number of carbonyl (C=O) groups excluding carboxylic acids is 1. The molecule has 1 unspecified atom stereocenters. The van der Waals surface area contributed by atoms with E-state index in [0.29, 0.717) is 28.5 Å². The summed E-state index contributed by atoms with van der Waals surface area (Å²) in [5, 5.41) is 13.7. The molecule has 1 amide bonds. The summed E-state index contributed by atoms with van der Waals surface area (Å²) in [7, 11) is 5.17. The molecule has 0 bridgehead atoms. The van der Waals surface area contributed by atoms with Gasteiger partial charge in [0.05, 0.1) is 18.4 Å². The summed E-state index contributed by atoms with van der Waals surface area (Å²) in [5.41, 5.74) is 1.07. The average Bonchev–Trinajstić information content (AvgIpc) is 3.29. The number of rotatable bonds is 8. The number of aromatic nitrogens is 4. The standard InChI is InChI=1S/C25H33N7O4/c1-26-22-13-21(29-20-8-5-9-31(25(20)34)16-11-18(12-16)36-3)30-23-19(14-27-32(22)23)24(33)28-15-6-4-7-17(10-15)35-2/h5,8-9,13-18,26H,4,6-7,10-12H2,1-3H3,(H,28,33)(H,29,30)/t15?,16-,17-,18-/m1/s1. The van der Waals surface area contributed by atoms with Crippen LogP contribution >= 0.6 is 0 Å². The summed E-state index contributed by atoms with van der Waals surface area (Å²) in [4.78, 5) is 31.0. The molecule has 11 nitrogen and oxygen atoms in total. The molecule has 0 saturated heterocycles. The van der Waals surface area contributed by atoms with Crippen molar-refractivity contribution in [1.29, 1.82) is 0 Å². The maximum Gasteiger partial charge on any atom is 0.274 e. The maximum atomic E-state index is 13.2. The van der Waals surface area contributed by atoms with Crippen LogP contribution in [0.5, 0.6) is 0 Å². The van der Waals surface area contributed by atoms with Crippen LogP contribution in [0.15, 0.2) is 35.4 Å². The van der Waals surface area contributed by atoms with E-state index in [1.54, 1.807) is 48.7 Å². The zero-order valence-electron chi connectivity index (χ0n) is 20.9. The number of fused-ring (bicyclic) bond motifs is 1. The summed E-state index contributed by atoms with van der Waals surface area (Å²) >= 11 is 0. The van der Waals surface area contributed by atoms with Crippen LogP contribution < -0.4 is 21.5 Å². The Morgan fingerprint density at radius 2 is 1.94 bits per heavy atom. The lowest BCUT2D eigenvalue weighted by molar-refractivity contribution is 0.00522. The normalized spacial score (nSPS) is 23.8. The number of amides is 1. The van der Waals surface area contributed by atoms with Crippen LogP contribution in [-0.4, -0.2) is 64.6 Å². The van der Waals surface area contributed by atoms with E-state index in [4.69, 9.17) is 9.47 Å². The van der Waals surface area contributed by atoms with E-state index in [0.717, 1.165) is 38.5 Å². The van der Waals surface area contributed by atoms with Crippen molar-refractivity contribution in [3.05, 3.63) is 46.5 Å². The van der Waals surface area contributed by atoms with E-state index in [1.807, 2.05) is 6.07 Å². The molecule has 11 heteroatoms. The minimum Gasteiger partial charge on any atom is -0.381 e. The van der Waals surface area contributed by atoms with Gasteiger partial charge < -0.3 is 30.0 Å². The van der Waals surface area contributed by atoms with Crippen LogP contribution in [0.1, 0.15) is 54.9 Å². The Bertz CT molecular complexity index is 1300. The zero-order valence-corrected chi connectivity index (χ0v) is 20.9. The number of ether oxygens (including phenoxy) is 2. The van der Waals surface area contributed by atoms with Gasteiger partial charge in [-0.05, 0) is 50.7 Å². The molecule has 0 aromatic carbocycles. The zero-order chi connectivity index (χ0) is 25.2. The smallest absolute Gasteiger partial charge is 0.274 e. The lowest BCUT2D eigenvalue weighted by atomic mass is 9.89. The first-order valence-corrected chi connectivity index (χ1v) is 12.4. The summed E-state index contributed by atoms with van der Waals surface area (Å²) in [6.45, 7) is 0. The first-order valence-electron chi connectivity index (χ1n) is 12.4. The number of methoxy groups -OCH3 is 2. The number of nitrogens with one attached hydrogen (secondary N) is 3. The number of hydrogen-bond acceptors (Lipinski definition) is 8. The highest BCUT2D eigenvalue weighted by Crippen LogP contribution is 2.33. The molecule has 5 rings (SSSR count). The first-order chi connectivity index (χ1) is 17.5. The summed E-state index contributed by atoms with van der Waals surface area (Å²) in [6, 6.07) is 5.50. The third kappa shape index (κ3) is 4.68. The topological polar surface area (TPSA) is 124 Å². The van der Waals surface area contributed by atoms with Crippen molar-refractivity contribution in [2.75, 3.05) is 31.9 Å². The van der Waals surface area contributed by atoms with Gasteiger partial charge in [-0.15, -0.1) is 0 Å². The quantitative estimate of drug-likeness (QED) is 0.436. The molecule has 2 atom stereocenters. The Morgan fingerprint density at radius 3 is 2.69 bits per heavy atom. The molecule has 3 heterocycles. The Kier molecular flexibility index (Phi) is 6.92. The van der Waals surface area contributed by atoms with E-state index >= 15 is 0 Å². The van der Waals surface area contributed by atoms with Crippen molar-refractivity contribution >= 4 is 28.9 Å². The fraction of sp³-hybridized carbons (Fsp3) is 0.520. The third-order valence-electron chi connectivity index (χ3n) is 7.30. The van der Waals surface area contributed by atoms with E-state index < -0.39 is 0 Å². The number of hydrogen-bond donors (Lipinski definition) is 3. The second-order valence-electron chi connectivity index (χ2n) is 9.51. The predicted octanol–water partition coefficient (Wildman–Crippen LogP) is 2.71. The number of carbonyl (C=O) groups is 1. The molecule has 3 aromatic heterocycles. The molecule has 2 aliphatic carbocycles. The van der Waals surface area contributed by atoms with Crippen molar-refractivity contribution < 1.29 is 14.3 Å². The molecular weight excluding hydrogens is 462 g/mol. The molecular formula is C25H33N7O4. The lowest BCUT2D eigenvalue weighted by Gasteiger charge is -2.35. The molecule has 36 heavy (non-hydrogen) atoms. The summed E-state index contributed by atoms with van der Waals surface area (Å²) in [5.74, 6) is 0.854. The van der Waals surface area contributed by atoms with Crippen LogP contribution in [0, 0.1) is 0 Å².